The Bertz CT molecular complexity index is 402. The largest absolute Gasteiger partial charge is 0.383 e. The second-order valence-electron chi connectivity index (χ2n) is 3.63. The van der Waals surface area contributed by atoms with Gasteiger partial charge in [-0.15, -0.1) is 0 Å². The highest BCUT2D eigenvalue weighted by Crippen LogP contribution is 2.11. The van der Waals surface area contributed by atoms with Crippen LogP contribution in [0.3, 0.4) is 0 Å². The number of nitrogens with one attached hydrogen (secondary N) is 1. The Morgan fingerprint density at radius 3 is 2.53 bits per heavy atom. The van der Waals surface area contributed by atoms with Gasteiger partial charge in [0.1, 0.15) is 0 Å². The molecule has 6 nitrogen and oxygen atoms in total. The first-order valence-corrected chi connectivity index (χ1v) is 5.09. The summed E-state index contributed by atoms with van der Waals surface area (Å²) >= 11 is 0. The van der Waals surface area contributed by atoms with E-state index in [-0.39, 0.29) is 17.6 Å². The molecule has 1 N–H and O–H groups in total. The van der Waals surface area contributed by atoms with Crippen molar-refractivity contribution in [2.24, 2.45) is 0 Å². The van der Waals surface area contributed by atoms with Crippen molar-refractivity contribution in [3.8, 4) is 0 Å². The van der Waals surface area contributed by atoms with E-state index in [0.717, 1.165) is 0 Å². The molecule has 0 bridgehead atoms. The summed E-state index contributed by atoms with van der Waals surface area (Å²) in [6.45, 7) is 2.23. The minimum Gasteiger partial charge on any atom is -0.383 e. The second kappa shape index (κ2) is 5.95. The Kier molecular flexibility index (Phi) is 4.59. The highest BCUT2D eigenvalue weighted by molar-refractivity contribution is 5.94. The summed E-state index contributed by atoms with van der Waals surface area (Å²) in [6, 6.07) is 5.34. The van der Waals surface area contributed by atoms with E-state index >= 15 is 0 Å². The lowest BCUT2D eigenvalue weighted by molar-refractivity contribution is -0.384. The summed E-state index contributed by atoms with van der Waals surface area (Å²) in [5.74, 6) is -0.274. The number of non-ortho nitro benzene ring substituents is 1. The number of nitrogens with zero attached hydrogens (tertiary/aromatic N) is 1. The van der Waals surface area contributed by atoms with Crippen molar-refractivity contribution in [2.45, 2.75) is 13.0 Å². The van der Waals surface area contributed by atoms with Crippen LogP contribution in [0.25, 0.3) is 0 Å². The first kappa shape index (κ1) is 13.1. The number of carbonyl (C=O) groups is 1. The molecular weight excluding hydrogens is 224 g/mol. The molecule has 0 saturated carbocycles. The molecule has 17 heavy (non-hydrogen) atoms. The molecule has 0 aromatic heterocycles. The number of rotatable bonds is 5. The van der Waals surface area contributed by atoms with E-state index in [1.807, 2.05) is 6.92 Å². The Balaban J connectivity index is 2.66. The van der Waals surface area contributed by atoms with Gasteiger partial charge >= 0.3 is 0 Å². The monoisotopic (exact) mass is 238 g/mol. The zero-order chi connectivity index (χ0) is 12.8. The smallest absolute Gasteiger partial charge is 0.269 e. The maximum Gasteiger partial charge on any atom is 0.269 e. The fourth-order valence-corrected chi connectivity index (χ4v) is 1.33. The van der Waals surface area contributed by atoms with Gasteiger partial charge in [0.15, 0.2) is 0 Å². The van der Waals surface area contributed by atoms with Crippen molar-refractivity contribution in [2.75, 3.05) is 13.7 Å². The van der Waals surface area contributed by atoms with Gasteiger partial charge in [0, 0.05) is 30.8 Å². The summed E-state index contributed by atoms with van der Waals surface area (Å²) in [5, 5.41) is 13.1. The molecule has 1 rings (SSSR count). The molecule has 1 aromatic rings. The Morgan fingerprint density at radius 1 is 1.47 bits per heavy atom. The molecule has 1 atom stereocenters. The van der Waals surface area contributed by atoms with E-state index in [9.17, 15) is 14.9 Å². The zero-order valence-corrected chi connectivity index (χ0v) is 9.67. The average molecular weight is 238 g/mol. The van der Waals surface area contributed by atoms with E-state index in [1.54, 1.807) is 7.11 Å². The van der Waals surface area contributed by atoms with Gasteiger partial charge in [-0.2, -0.15) is 0 Å². The van der Waals surface area contributed by atoms with Gasteiger partial charge in [-0.25, -0.2) is 0 Å². The van der Waals surface area contributed by atoms with E-state index in [4.69, 9.17) is 4.74 Å². The number of benzene rings is 1. The lowest BCUT2D eigenvalue weighted by Crippen LogP contribution is -2.35. The molecule has 0 spiro atoms. The maximum absolute atomic E-state index is 11.7. The number of carbonyl (C=O) groups excluding carboxylic acids is 1. The van der Waals surface area contributed by atoms with Crippen LogP contribution in [0.4, 0.5) is 5.69 Å². The number of ether oxygens (including phenoxy) is 1. The second-order valence-corrected chi connectivity index (χ2v) is 3.63. The lowest BCUT2D eigenvalue weighted by Gasteiger charge is -2.12. The quantitative estimate of drug-likeness (QED) is 0.620. The highest BCUT2D eigenvalue weighted by atomic mass is 16.6. The van der Waals surface area contributed by atoms with Crippen LogP contribution in [0.1, 0.15) is 17.3 Å². The SMILES string of the molecule is COC[C@@H](C)NC(=O)c1ccc([N+](=O)[O-])cc1. The molecular formula is C11H14N2O4. The third kappa shape index (κ3) is 3.84. The fraction of sp³-hybridized carbons (Fsp3) is 0.364. The van der Waals surface area contributed by atoms with Gasteiger partial charge in [-0.1, -0.05) is 0 Å². The lowest BCUT2D eigenvalue weighted by atomic mass is 10.2. The summed E-state index contributed by atoms with van der Waals surface area (Å²) in [6.07, 6.45) is 0. The topological polar surface area (TPSA) is 81.5 Å². The summed E-state index contributed by atoms with van der Waals surface area (Å²) in [5.41, 5.74) is 0.352. The van der Waals surface area contributed by atoms with Crippen molar-refractivity contribution in [3.05, 3.63) is 39.9 Å². The Hall–Kier alpha value is -1.95. The van der Waals surface area contributed by atoms with Gasteiger partial charge in [0.25, 0.3) is 11.6 Å². The molecule has 0 aliphatic carbocycles. The maximum atomic E-state index is 11.7. The van der Waals surface area contributed by atoms with Gasteiger partial charge in [-0.3, -0.25) is 14.9 Å². The molecule has 0 aliphatic rings. The van der Waals surface area contributed by atoms with E-state index in [2.05, 4.69) is 5.32 Å². The van der Waals surface area contributed by atoms with E-state index in [1.165, 1.54) is 24.3 Å². The van der Waals surface area contributed by atoms with Crippen molar-refractivity contribution >= 4 is 11.6 Å². The fourth-order valence-electron chi connectivity index (χ4n) is 1.33. The van der Waals surface area contributed by atoms with Crippen LogP contribution in [0.15, 0.2) is 24.3 Å². The predicted octanol–water partition coefficient (Wildman–Crippen LogP) is 1.36. The number of nitro groups is 1. The normalized spacial score (nSPS) is 11.9. The highest BCUT2D eigenvalue weighted by Gasteiger charge is 2.11. The standard InChI is InChI=1S/C11H14N2O4/c1-8(7-17-2)12-11(14)9-3-5-10(6-4-9)13(15)16/h3-6,8H,7H2,1-2H3,(H,12,14)/t8-/m1/s1. The Labute approximate surface area is 98.7 Å². The predicted molar refractivity (Wildman–Crippen MR) is 61.9 cm³/mol. The summed E-state index contributed by atoms with van der Waals surface area (Å²) in [4.78, 5) is 21.6. The van der Waals surface area contributed by atoms with Crippen molar-refractivity contribution in [1.29, 1.82) is 0 Å². The average Bonchev–Trinajstić information content (AvgIpc) is 2.29. The van der Waals surface area contributed by atoms with Crippen molar-refractivity contribution in [1.82, 2.24) is 5.32 Å². The van der Waals surface area contributed by atoms with E-state index in [0.29, 0.717) is 12.2 Å². The molecule has 1 aromatic carbocycles. The van der Waals surface area contributed by atoms with E-state index < -0.39 is 4.92 Å². The minimum absolute atomic E-state index is 0.0357. The van der Waals surface area contributed by atoms with Crippen LogP contribution in [0.5, 0.6) is 0 Å². The zero-order valence-electron chi connectivity index (χ0n) is 9.67. The van der Waals surface area contributed by atoms with Crippen LogP contribution in [0.2, 0.25) is 0 Å². The van der Waals surface area contributed by atoms with Crippen LogP contribution >= 0.6 is 0 Å². The molecule has 6 heteroatoms. The van der Waals surface area contributed by atoms with Gasteiger partial charge in [0.05, 0.1) is 11.5 Å². The van der Waals surface area contributed by atoms with Crippen LogP contribution in [-0.2, 0) is 4.74 Å². The molecule has 0 radical (unpaired) electrons. The number of amides is 1. The molecule has 0 heterocycles. The Morgan fingerprint density at radius 2 is 2.06 bits per heavy atom. The van der Waals surface area contributed by atoms with Crippen LogP contribution < -0.4 is 5.32 Å². The van der Waals surface area contributed by atoms with Crippen molar-refractivity contribution in [3.63, 3.8) is 0 Å². The first-order valence-electron chi connectivity index (χ1n) is 5.09. The molecule has 0 fully saturated rings. The number of hydrogen-bond acceptors (Lipinski definition) is 4. The first-order chi connectivity index (χ1) is 8.04. The number of hydrogen-bond donors (Lipinski definition) is 1. The third-order valence-corrected chi connectivity index (χ3v) is 2.13. The van der Waals surface area contributed by atoms with Crippen LogP contribution in [-0.4, -0.2) is 30.6 Å². The van der Waals surface area contributed by atoms with Crippen molar-refractivity contribution < 1.29 is 14.5 Å². The molecule has 0 saturated heterocycles. The van der Waals surface area contributed by atoms with Gasteiger partial charge in [0.2, 0.25) is 0 Å². The number of nitro benzene ring substituents is 1. The molecule has 1 amide bonds. The molecule has 92 valence electrons. The van der Waals surface area contributed by atoms with Gasteiger partial charge in [-0.05, 0) is 19.1 Å². The van der Waals surface area contributed by atoms with Gasteiger partial charge < -0.3 is 10.1 Å². The molecule has 0 unspecified atom stereocenters. The van der Waals surface area contributed by atoms with Crippen LogP contribution in [0, 0.1) is 10.1 Å². The summed E-state index contributed by atoms with van der Waals surface area (Å²) < 4.78 is 4.89. The summed E-state index contributed by atoms with van der Waals surface area (Å²) in [7, 11) is 1.55. The minimum atomic E-state index is -0.505. The third-order valence-electron chi connectivity index (χ3n) is 2.13. The molecule has 0 aliphatic heterocycles. The number of methoxy groups -OCH3 is 1.